The molecule has 25 heavy (non-hydrogen) atoms. The van der Waals surface area contributed by atoms with Crippen LogP contribution in [0.2, 0.25) is 0 Å². The second kappa shape index (κ2) is 8.08. The van der Waals surface area contributed by atoms with Gasteiger partial charge in [-0.15, -0.1) is 5.06 Å². The van der Waals surface area contributed by atoms with E-state index in [1.54, 1.807) is 4.90 Å². The third kappa shape index (κ3) is 4.29. The van der Waals surface area contributed by atoms with E-state index in [1.165, 1.54) is 0 Å². The number of hydrogen-bond acceptors (Lipinski definition) is 8. The molecular formula is C16H28N2O6S. The van der Waals surface area contributed by atoms with Gasteiger partial charge in [0.05, 0.1) is 0 Å². The summed E-state index contributed by atoms with van der Waals surface area (Å²) in [4.78, 5) is 18.7. The van der Waals surface area contributed by atoms with Gasteiger partial charge in [-0.1, -0.05) is 0 Å². The lowest BCUT2D eigenvalue weighted by atomic mass is 9.81. The summed E-state index contributed by atoms with van der Waals surface area (Å²) in [5.74, 6) is 0.232. The zero-order chi connectivity index (χ0) is 18.1. The van der Waals surface area contributed by atoms with E-state index in [-0.39, 0.29) is 18.2 Å². The van der Waals surface area contributed by atoms with E-state index in [0.29, 0.717) is 25.3 Å². The fourth-order valence-corrected chi connectivity index (χ4v) is 4.33. The van der Waals surface area contributed by atoms with E-state index in [2.05, 4.69) is 12.6 Å². The molecule has 144 valence electrons. The summed E-state index contributed by atoms with van der Waals surface area (Å²) < 4.78 is 0. The topological polar surface area (TPSA) is 114 Å². The minimum absolute atomic E-state index is 0.0105. The van der Waals surface area contributed by atoms with Crippen molar-refractivity contribution in [1.82, 2.24) is 9.96 Å². The Labute approximate surface area is 152 Å². The molecule has 2 unspecified atom stereocenters. The Balaban J connectivity index is 1.45. The summed E-state index contributed by atoms with van der Waals surface area (Å²) in [5, 5.41) is 40.5. The summed E-state index contributed by atoms with van der Waals surface area (Å²) in [5.41, 5.74) is 0. The lowest BCUT2D eigenvalue weighted by molar-refractivity contribution is -0.349. The Morgan fingerprint density at radius 3 is 2.32 bits per heavy atom. The van der Waals surface area contributed by atoms with Gasteiger partial charge in [0.15, 0.2) is 6.29 Å². The predicted octanol–water partition coefficient (Wildman–Crippen LogP) is -0.376. The molecule has 0 bridgehead atoms. The van der Waals surface area contributed by atoms with Gasteiger partial charge in [-0.3, -0.25) is 9.63 Å². The summed E-state index contributed by atoms with van der Waals surface area (Å²) in [6.07, 6.45) is 0.540. The molecule has 1 saturated carbocycles. The number of hydroxylamine groups is 2. The maximum absolute atomic E-state index is 11.8. The lowest BCUT2D eigenvalue weighted by Gasteiger charge is -2.35. The molecule has 5 atom stereocenters. The molecule has 3 fully saturated rings. The van der Waals surface area contributed by atoms with Crippen LogP contribution in [0.5, 0.6) is 0 Å². The van der Waals surface area contributed by atoms with Gasteiger partial charge < -0.3 is 25.3 Å². The number of hydrogen-bond donors (Lipinski definition) is 5. The highest BCUT2D eigenvalue weighted by atomic mass is 32.1. The Hall–Kier alpha value is -0.420. The smallest absolute Gasteiger partial charge is 0.224 e. The van der Waals surface area contributed by atoms with Crippen molar-refractivity contribution in [3.63, 3.8) is 0 Å². The fraction of sp³-hybridized carbons (Fsp3) is 0.938. The van der Waals surface area contributed by atoms with Gasteiger partial charge in [-0.2, -0.15) is 12.6 Å². The first-order chi connectivity index (χ1) is 11.9. The van der Waals surface area contributed by atoms with Gasteiger partial charge in [0.2, 0.25) is 5.91 Å². The maximum atomic E-state index is 11.8. The number of carbonyl (C=O) groups excluding carboxylic acids is 1. The van der Waals surface area contributed by atoms with E-state index in [9.17, 15) is 25.2 Å². The van der Waals surface area contributed by atoms with Gasteiger partial charge in [-0.05, 0) is 31.6 Å². The third-order valence-corrected chi connectivity index (χ3v) is 6.10. The van der Waals surface area contributed by atoms with Crippen molar-refractivity contribution in [2.45, 2.75) is 75.2 Å². The maximum Gasteiger partial charge on any atom is 0.224 e. The number of aliphatic hydroxyl groups excluding tert-OH is 4. The number of aliphatic hydroxyl groups is 4. The zero-order valence-corrected chi connectivity index (χ0v) is 15.0. The summed E-state index contributed by atoms with van der Waals surface area (Å²) >= 11 is 4.17. The second-order valence-corrected chi connectivity index (χ2v) is 8.06. The van der Waals surface area contributed by atoms with Crippen molar-refractivity contribution < 1.29 is 30.1 Å². The van der Waals surface area contributed by atoms with Crippen molar-refractivity contribution in [3.8, 4) is 0 Å². The van der Waals surface area contributed by atoms with E-state index in [4.69, 9.17) is 4.84 Å². The van der Waals surface area contributed by atoms with E-state index in [0.717, 1.165) is 30.7 Å². The Bertz CT molecular complexity index is 476. The van der Waals surface area contributed by atoms with Crippen molar-refractivity contribution in [1.29, 1.82) is 0 Å². The summed E-state index contributed by atoms with van der Waals surface area (Å²) in [6, 6.07) is 0. The molecule has 0 spiro atoms. The van der Waals surface area contributed by atoms with Crippen molar-refractivity contribution in [3.05, 3.63) is 0 Å². The van der Waals surface area contributed by atoms with Gasteiger partial charge in [-0.25, -0.2) is 0 Å². The first-order valence-corrected chi connectivity index (χ1v) is 9.53. The molecule has 9 heteroatoms. The monoisotopic (exact) mass is 376 g/mol. The number of carbonyl (C=O) groups is 1. The average molecular weight is 376 g/mol. The van der Waals surface area contributed by atoms with E-state index >= 15 is 0 Å². The van der Waals surface area contributed by atoms with Crippen LogP contribution in [0.15, 0.2) is 0 Å². The Morgan fingerprint density at radius 2 is 1.80 bits per heavy atom. The number of likely N-dealkylation sites (tertiary alicyclic amines) is 1. The first-order valence-electron chi connectivity index (χ1n) is 9.01. The largest absolute Gasteiger partial charge is 0.376 e. The van der Waals surface area contributed by atoms with Gasteiger partial charge in [0, 0.05) is 37.0 Å². The molecule has 2 heterocycles. The van der Waals surface area contributed by atoms with Crippen LogP contribution < -0.4 is 0 Å². The first kappa shape index (κ1) is 19.3. The summed E-state index contributed by atoms with van der Waals surface area (Å²) in [7, 11) is 0. The Kier molecular flexibility index (Phi) is 6.25. The van der Waals surface area contributed by atoms with Crippen LogP contribution in [0.3, 0.4) is 0 Å². The third-order valence-electron chi connectivity index (χ3n) is 5.63. The fourth-order valence-electron chi connectivity index (χ4n) is 4.01. The zero-order valence-electron chi connectivity index (χ0n) is 14.1. The van der Waals surface area contributed by atoms with Crippen molar-refractivity contribution in [2.75, 3.05) is 6.54 Å². The van der Waals surface area contributed by atoms with Crippen LogP contribution in [-0.2, 0) is 9.63 Å². The van der Waals surface area contributed by atoms with Crippen LogP contribution in [0.4, 0.5) is 0 Å². The number of nitrogens with zero attached hydrogens (tertiary/aromatic N) is 2. The van der Waals surface area contributed by atoms with Crippen molar-refractivity contribution in [2.24, 2.45) is 11.8 Å². The molecule has 0 radical (unpaired) electrons. The highest BCUT2D eigenvalue weighted by Gasteiger charge is 2.41. The van der Waals surface area contributed by atoms with Crippen LogP contribution in [0.1, 0.15) is 44.9 Å². The minimum atomic E-state index is -1.09. The standard InChI is InChI=1S/C16H28N2O6S/c19-12-5-6-13(20)17(12)8-9-1-3-10(4-2-9)16(23)24-18-14(21)7-11(25)15(18)22/h9-12,14-16,19,21-23,25H,1-8H2/t9?,10?,11?,12-,14-,15?,16-/m1/s1. The van der Waals surface area contributed by atoms with Crippen LogP contribution in [-0.4, -0.2) is 73.1 Å². The predicted molar refractivity (Wildman–Crippen MR) is 90.7 cm³/mol. The number of thiol groups is 1. The average Bonchev–Trinajstić information content (AvgIpc) is 3.02. The molecule has 8 nitrogen and oxygen atoms in total. The number of amides is 1. The quantitative estimate of drug-likeness (QED) is 0.328. The number of rotatable bonds is 5. The highest BCUT2D eigenvalue weighted by molar-refractivity contribution is 7.81. The van der Waals surface area contributed by atoms with Gasteiger partial charge in [0.1, 0.15) is 18.7 Å². The normalized spacial score (nSPS) is 41.5. The minimum Gasteiger partial charge on any atom is -0.376 e. The molecule has 3 rings (SSSR count). The molecule has 4 N–H and O–H groups in total. The molecule has 0 aromatic rings. The molecule has 1 aliphatic carbocycles. The SMILES string of the molecule is O=C1CC[C@@H](O)N1CC1CCC([C@H](O)ON2C(O)C(S)C[C@H]2O)CC1. The van der Waals surface area contributed by atoms with Crippen LogP contribution in [0, 0.1) is 11.8 Å². The molecule has 2 aliphatic heterocycles. The molecular weight excluding hydrogens is 348 g/mol. The van der Waals surface area contributed by atoms with E-state index < -0.39 is 30.2 Å². The van der Waals surface area contributed by atoms with Crippen LogP contribution in [0.25, 0.3) is 0 Å². The molecule has 3 aliphatic rings. The van der Waals surface area contributed by atoms with Crippen LogP contribution >= 0.6 is 12.6 Å². The molecule has 2 saturated heterocycles. The lowest BCUT2D eigenvalue weighted by Crippen LogP contribution is -2.44. The summed E-state index contributed by atoms with van der Waals surface area (Å²) in [6.45, 7) is 0.564. The van der Waals surface area contributed by atoms with Gasteiger partial charge in [0.25, 0.3) is 0 Å². The molecule has 0 aromatic carbocycles. The van der Waals surface area contributed by atoms with E-state index in [1.807, 2.05) is 0 Å². The molecule has 1 amide bonds. The van der Waals surface area contributed by atoms with Crippen molar-refractivity contribution >= 4 is 18.5 Å². The molecule has 0 aromatic heterocycles. The Morgan fingerprint density at radius 1 is 1.12 bits per heavy atom. The highest BCUT2D eigenvalue weighted by Crippen LogP contribution is 2.35. The van der Waals surface area contributed by atoms with Gasteiger partial charge >= 0.3 is 0 Å². The second-order valence-electron chi connectivity index (χ2n) is 7.40.